The van der Waals surface area contributed by atoms with Gasteiger partial charge in [0.2, 0.25) is 0 Å². The summed E-state index contributed by atoms with van der Waals surface area (Å²) in [6.07, 6.45) is 5.87. The van der Waals surface area contributed by atoms with Crippen molar-refractivity contribution in [3.05, 3.63) is 53.9 Å². The lowest BCUT2D eigenvalue weighted by molar-refractivity contribution is 0.0935. The molecule has 118 valence electrons. The van der Waals surface area contributed by atoms with Gasteiger partial charge in [-0.2, -0.15) is 16.9 Å². The van der Waals surface area contributed by atoms with Crippen LogP contribution < -0.4 is 5.32 Å². The number of benzene rings is 1. The van der Waals surface area contributed by atoms with Crippen LogP contribution in [0.25, 0.3) is 0 Å². The minimum Gasteiger partial charge on any atom is -0.396 e. The van der Waals surface area contributed by atoms with Crippen molar-refractivity contribution in [2.45, 2.75) is 19.0 Å². The number of aliphatic hydroxyl groups is 1. The Morgan fingerprint density at radius 3 is 2.86 bits per heavy atom. The third-order valence-electron chi connectivity index (χ3n) is 3.26. The molecule has 1 aromatic carbocycles. The molecule has 5 nitrogen and oxygen atoms in total. The number of carbonyl (C=O) groups is 1. The molecular formula is C16H21N3O2S. The fourth-order valence-electron chi connectivity index (χ4n) is 2.16. The van der Waals surface area contributed by atoms with Crippen molar-refractivity contribution >= 4 is 17.7 Å². The van der Waals surface area contributed by atoms with Crippen molar-refractivity contribution in [3.8, 4) is 0 Å². The van der Waals surface area contributed by atoms with E-state index in [-0.39, 0.29) is 18.6 Å². The van der Waals surface area contributed by atoms with Gasteiger partial charge in [-0.1, -0.05) is 30.3 Å². The van der Waals surface area contributed by atoms with Crippen LogP contribution in [0.4, 0.5) is 0 Å². The highest BCUT2D eigenvalue weighted by Gasteiger charge is 2.14. The first-order valence-corrected chi connectivity index (χ1v) is 8.59. The second-order valence-corrected chi connectivity index (χ2v) is 5.96. The van der Waals surface area contributed by atoms with Crippen molar-refractivity contribution in [3.63, 3.8) is 0 Å². The summed E-state index contributed by atoms with van der Waals surface area (Å²) < 4.78 is 1.75. The zero-order valence-corrected chi connectivity index (χ0v) is 13.4. The van der Waals surface area contributed by atoms with Gasteiger partial charge in [-0.15, -0.1) is 0 Å². The largest absolute Gasteiger partial charge is 0.396 e. The van der Waals surface area contributed by atoms with Gasteiger partial charge in [0, 0.05) is 24.6 Å². The maximum absolute atomic E-state index is 12.2. The predicted molar refractivity (Wildman–Crippen MR) is 89.1 cm³/mol. The lowest BCUT2D eigenvalue weighted by Gasteiger charge is -2.15. The van der Waals surface area contributed by atoms with Crippen LogP contribution in [0.2, 0.25) is 0 Å². The number of rotatable bonds is 8. The lowest BCUT2D eigenvalue weighted by atomic mass is 10.2. The summed E-state index contributed by atoms with van der Waals surface area (Å²) in [5.41, 5.74) is 1.68. The summed E-state index contributed by atoms with van der Waals surface area (Å²) in [4.78, 5) is 12.2. The lowest BCUT2D eigenvalue weighted by Crippen LogP contribution is -2.37. The number of amides is 1. The fourth-order valence-corrected chi connectivity index (χ4v) is 2.81. The van der Waals surface area contributed by atoms with Crippen molar-refractivity contribution in [1.29, 1.82) is 0 Å². The van der Waals surface area contributed by atoms with Gasteiger partial charge in [0.05, 0.1) is 18.3 Å². The Labute approximate surface area is 134 Å². The van der Waals surface area contributed by atoms with E-state index in [1.165, 1.54) is 0 Å². The third-order valence-corrected chi connectivity index (χ3v) is 4.00. The molecule has 0 radical (unpaired) electrons. The molecule has 1 amide bonds. The van der Waals surface area contributed by atoms with Crippen molar-refractivity contribution in [2.75, 3.05) is 18.6 Å². The molecule has 2 N–H and O–H groups in total. The summed E-state index contributed by atoms with van der Waals surface area (Å²) >= 11 is 1.65. The molecule has 1 atom stereocenters. The number of hydrogen-bond acceptors (Lipinski definition) is 4. The van der Waals surface area contributed by atoms with E-state index < -0.39 is 0 Å². The molecule has 2 rings (SSSR count). The number of aliphatic hydroxyl groups excluding tert-OH is 1. The van der Waals surface area contributed by atoms with Crippen LogP contribution in [0.1, 0.15) is 22.3 Å². The van der Waals surface area contributed by atoms with Crippen LogP contribution in [0, 0.1) is 0 Å². The van der Waals surface area contributed by atoms with Gasteiger partial charge in [0.1, 0.15) is 0 Å². The molecule has 1 heterocycles. The minimum absolute atomic E-state index is 0.0232. The molecule has 0 fully saturated rings. The van der Waals surface area contributed by atoms with E-state index in [0.29, 0.717) is 18.5 Å². The van der Waals surface area contributed by atoms with Crippen LogP contribution in [0.3, 0.4) is 0 Å². The van der Waals surface area contributed by atoms with E-state index in [9.17, 15) is 4.79 Å². The quantitative estimate of drug-likeness (QED) is 0.778. The Balaban J connectivity index is 1.96. The van der Waals surface area contributed by atoms with E-state index in [4.69, 9.17) is 5.11 Å². The van der Waals surface area contributed by atoms with Crippen LogP contribution >= 0.6 is 11.8 Å². The summed E-state index contributed by atoms with van der Waals surface area (Å²) in [6.45, 7) is 0.706. The molecule has 6 heteroatoms. The van der Waals surface area contributed by atoms with Gasteiger partial charge in [0.25, 0.3) is 5.91 Å². The van der Waals surface area contributed by atoms with Gasteiger partial charge in [-0.05, 0) is 18.2 Å². The molecule has 1 unspecified atom stereocenters. The number of aromatic nitrogens is 2. The van der Waals surface area contributed by atoms with Crippen LogP contribution in [0.15, 0.2) is 42.7 Å². The van der Waals surface area contributed by atoms with Gasteiger partial charge >= 0.3 is 0 Å². The average molecular weight is 319 g/mol. The van der Waals surface area contributed by atoms with E-state index in [0.717, 1.165) is 11.3 Å². The molecule has 0 bridgehead atoms. The molecular weight excluding hydrogens is 298 g/mol. The summed E-state index contributed by atoms with van der Waals surface area (Å²) in [7, 11) is 0. The molecule has 2 aromatic rings. The predicted octanol–water partition coefficient (Wildman–Crippen LogP) is 1.78. The van der Waals surface area contributed by atoms with Crippen molar-refractivity contribution in [2.24, 2.45) is 0 Å². The number of carbonyl (C=O) groups excluding carboxylic acids is 1. The molecule has 1 aromatic heterocycles. The maximum atomic E-state index is 12.2. The van der Waals surface area contributed by atoms with E-state index in [1.807, 2.05) is 36.6 Å². The summed E-state index contributed by atoms with van der Waals surface area (Å²) in [5, 5.41) is 16.2. The smallest absolute Gasteiger partial charge is 0.254 e. The number of nitrogens with zero attached hydrogens (tertiary/aromatic N) is 2. The Morgan fingerprint density at radius 2 is 2.18 bits per heavy atom. The first-order chi connectivity index (χ1) is 10.7. The monoisotopic (exact) mass is 319 g/mol. The fraction of sp³-hybridized carbons (Fsp3) is 0.375. The average Bonchev–Trinajstić information content (AvgIpc) is 2.97. The zero-order valence-electron chi connectivity index (χ0n) is 12.6. The first kappa shape index (κ1) is 16.6. The molecule has 0 saturated heterocycles. The Kier molecular flexibility index (Phi) is 6.48. The van der Waals surface area contributed by atoms with Crippen molar-refractivity contribution in [1.82, 2.24) is 15.1 Å². The Morgan fingerprint density at radius 1 is 1.41 bits per heavy atom. The molecule has 0 aliphatic heterocycles. The van der Waals surface area contributed by atoms with E-state index in [1.54, 1.807) is 28.8 Å². The third kappa shape index (κ3) is 4.89. The van der Waals surface area contributed by atoms with Crippen LogP contribution in [-0.4, -0.2) is 45.5 Å². The molecule has 0 spiro atoms. The zero-order chi connectivity index (χ0) is 15.8. The van der Waals surface area contributed by atoms with E-state index >= 15 is 0 Å². The van der Waals surface area contributed by atoms with Crippen molar-refractivity contribution < 1.29 is 9.90 Å². The summed E-state index contributed by atoms with van der Waals surface area (Å²) in [5.74, 6) is 0.636. The van der Waals surface area contributed by atoms with Gasteiger partial charge in [-0.25, -0.2) is 0 Å². The molecule has 0 aliphatic carbocycles. The highest BCUT2D eigenvalue weighted by atomic mass is 32.2. The Hall–Kier alpha value is -1.79. The normalized spacial score (nSPS) is 12.1. The van der Waals surface area contributed by atoms with E-state index in [2.05, 4.69) is 10.4 Å². The topological polar surface area (TPSA) is 67.2 Å². The second kappa shape index (κ2) is 8.60. The SMILES string of the molecule is CSCC(CCO)NC(=O)c1cnn(Cc2ccccc2)c1. The molecule has 22 heavy (non-hydrogen) atoms. The highest BCUT2D eigenvalue weighted by molar-refractivity contribution is 7.98. The maximum Gasteiger partial charge on any atom is 0.254 e. The van der Waals surface area contributed by atoms with Gasteiger partial charge < -0.3 is 10.4 Å². The number of thioether (sulfide) groups is 1. The first-order valence-electron chi connectivity index (χ1n) is 7.20. The standard InChI is InChI=1S/C16H21N3O2S/c1-22-12-15(7-8-20)18-16(21)14-9-17-19(11-14)10-13-5-3-2-4-6-13/h2-6,9,11,15,20H,7-8,10,12H2,1H3,(H,18,21). The van der Waals surface area contributed by atoms with Crippen LogP contribution in [-0.2, 0) is 6.54 Å². The highest BCUT2D eigenvalue weighted by Crippen LogP contribution is 2.06. The number of hydrogen-bond donors (Lipinski definition) is 2. The van der Waals surface area contributed by atoms with Gasteiger partial charge in [-0.3, -0.25) is 9.48 Å². The minimum atomic E-state index is -0.146. The number of nitrogens with one attached hydrogen (secondary N) is 1. The molecule has 0 saturated carbocycles. The molecule has 0 aliphatic rings. The Bertz CT molecular complexity index is 580. The second-order valence-electron chi connectivity index (χ2n) is 5.05. The van der Waals surface area contributed by atoms with Gasteiger partial charge in [0.15, 0.2) is 0 Å². The summed E-state index contributed by atoms with van der Waals surface area (Å²) in [6, 6.07) is 9.96. The van der Waals surface area contributed by atoms with Crippen LogP contribution in [0.5, 0.6) is 0 Å².